The molecular formula is C13H12ClN3O2. The molecule has 2 aromatic rings. The molecule has 0 unspecified atom stereocenters. The van der Waals surface area contributed by atoms with Gasteiger partial charge in [0.15, 0.2) is 0 Å². The van der Waals surface area contributed by atoms with E-state index in [1.807, 2.05) is 0 Å². The minimum Gasteiger partial charge on any atom is -0.495 e. The van der Waals surface area contributed by atoms with Crippen LogP contribution in [-0.2, 0) is 0 Å². The summed E-state index contributed by atoms with van der Waals surface area (Å²) in [5.74, 6) is 0.179. The minimum absolute atomic E-state index is 0.294. The summed E-state index contributed by atoms with van der Waals surface area (Å²) in [4.78, 5) is 15.8. The number of hydrogen-bond acceptors (Lipinski definition) is 4. The van der Waals surface area contributed by atoms with E-state index in [1.165, 1.54) is 19.5 Å². The van der Waals surface area contributed by atoms with Crippen molar-refractivity contribution in [2.75, 3.05) is 18.2 Å². The van der Waals surface area contributed by atoms with Gasteiger partial charge in [0.25, 0.3) is 5.91 Å². The Hall–Kier alpha value is -2.27. The predicted octanol–water partition coefficient (Wildman–Crippen LogP) is 2.58. The lowest BCUT2D eigenvalue weighted by molar-refractivity contribution is 0.102. The zero-order valence-electron chi connectivity index (χ0n) is 10.2. The molecule has 1 aromatic carbocycles. The van der Waals surface area contributed by atoms with Crippen LogP contribution in [0.25, 0.3) is 0 Å². The Labute approximate surface area is 115 Å². The molecule has 0 saturated heterocycles. The van der Waals surface area contributed by atoms with Crippen molar-refractivity contribution in [2.24, 2.45) is 0 Å². The first-order chi connectivity index (χ1) is 9.11. The largest absolute Gasteiger partial charge is 0.495 e. The summed E-state index contributed by atoms with van der Waals surface area (Å²) in [6, 6.07) is 6.53. The van der Waals surface area contributed by atoms with Gasteiger partial charge in [0.2, 0.25) is 0 Å². The smallest absolute Gasteiger partial charge is 0.257 e. The summed E-state index contributed by atoms with van der Waals surface area (Å²) >= 11 is 5.90. The summed E-state index contributed by atoms with van der Waals surface area (Å²) in [5.41, 5.74) is 7.13. The Morgan fingerprint density at radius 2 is 2.21 bits per heavy atom. The molecule has 19 heavy (non-hydrogen) atoms. The molecule has 98 valence electrons. The lowest BCUT2D eigenvalue weighted by Gasteiger charge is -2.09. The lowest BCUT2D eigenvalue weighted by atomic mass is 10.2. The second kappa shape index (κ2) is 5.58. The molecule has 0 saturated carbocycles. The van der Waals surface area contributed by atoms with Crippen LogP contribution >= 0.6 is 11.6 Å². The van der Waals surface area contributed by atoms with Gasteiger partial charge in [0, 0.05) is 24.1 Å². The van der Waals surface area contributed by atoms with Crippen molar-refractivity contribution in [3.63, 3.8) is 0 Å². The Bertz CT molecular complexity index is 617. The van der Waals surface area contributed by atoms with E-state index in [4.69, 9.17) is 22.1 Å². The summed E-state index contributed by atoms with van der Waals surface area (Å²) in [7, 11) is 1.51. The maximum absolute atomic E-state index is 12.0. The third kappa shape index (κ3) is 2.95. The van der Waals surface area contributed by atoms with Crippen LogP contribution < -0.4 is 15.8 Å². The molecule has 0 aliphatic carbocycles. The van der Waals surface area contributed by atoms with E-state index in [-0.39, 0.29) is 5.91 Å². The second-order valence-corrected chi connectivity index (χ2v) is 4.17. The number of methoxy groups -OCH3 is 1. The molecule has 6 heteroatoms. The topological polar surface area (TPSA) is 77.2 Å². The zero-order valence-corrected chi connectivity index (χ0v) is 10.9. The van der Waals surface area contributed by atoms with E-state index >= 15 is 0 Å². The molecule has 0 aliphatic rings. The number of nitrogen functional groups attached to an aromatic ring is 1. The van der Waals surface area contributed by atoms with Crippen molar-refractivity contribution in [1.82, 2.24) is 4.98 Å². The number of nitrogens with two attached hydrogens (primary N) is 1. The molecule has 1 aromatic heterocycles. The van der Waals surface area contributed by atoms with E-state index in [0.29, 0.717) is 27.7 Å². The monoisotopic (exact) mass is 277 g/mol. The number of halogens is 1. The summed E-state index contributed by atoms with van der Waals surface area (Å²) in [6.45, 7) is 0. The molecule has 0 radical (unpaired) electrons. The molecule has 0 fully saturated rings. The fraction of sp³-hybridized carbons (Fsp3) is 0.0769. The number of amides is 1. The average molecular weight is 278 g/mol. The highest BCUT2D eigenvalue weighted by Crippen LogP contribution is 2.25. The first kappa shape index (κ1) is 13.2. The number of rotatable bonds is 3. The zero-order chi connectivity index (χ0) is 13.8. The van der Waals surface area contributed by atoms with Crippen molar-refractivity contribution in [3.05, 3.63) is 47.2 Å². The third-order valence-electron chi connectivity index (χ3n) is 2.51. The fourth-order valence-electron chi connectivity index (χ4n) is 1.55. The number of anilines is 2. The molecule has 0 spiro atoms. The van der Waals surface area contributed by atoms with Crippen molar-refractivity contribution < 1.29 is 9.53 Å². The molecule has 0 bridgehead atoms. The fourth-order valence-corrected chi connectivity index (χ4v) is 1.75. The van der Waals surface area contributed by atoms with Gasteiger partial charge in [0.05, 0.1) is 23.4 Å². The average Bonchev–Trinajstić information content (AvgIpc) is 2.41. The van der Waals surface area contributed by atoms with E-state index in [0.717, 1.165) is 0 Å². The number of ether oxygens (including phenoxy) is 1. The summed E-state index contributed by atoms with van der Waals surface area (Å²) in [5, 5.41) is 3.01. The number of nitrogens with zero attached hydrogens (tertiary/aromatic N) is 1. The van der Waals surface area contributed by atoms with Gasteiger partial charge in [-0.25, -0.2) is 0 Å². The Kier molecular flexibility index (Phi) is 3.87. The van der Waals surface area contributed by atoms with Crippen molar-refractivity contribution in [1.29, 1.82) is 0 Å². The molecule has 0 aliphatic heterocycles. The highest BCUT2D eigenvalue weighted by molar-refractivity contribution is 6.34. The predicted molar refractivity (Wildman–Crippen MR) is 74.6 cm³/mol. The van der Waals surface area contributed by atoms with Crippen molar-refractivity contribution >= 4 is 28.9 Å². The number of carbonyl (C=O) groups is 1. The van der Waals surface area contributed by atoms with Gasteiger partial charge in [-0.15, -0.1) is 0 Å². The van der Waals surface area contributed by atoms with Crippen LogP contribution in [0, 0.1) is 0 Å². The van der Waals surface area contributed by atoms with Gasteiger partial charge in [-0.2, -0.15) is 0 Å². The highest BCUT2D eigenvalue weighted by atomic mass is 35.5. The van der Waals surface area contributed by atoms with Gasteiger partial charge in [-0.05, 0) is 18.2 Å². The highest BCUT2D eigenvalue weighted by Gasteiger charge is 2.11. The lowest BCUT2D eigenvalue weighted by Crippen LogP contribution is -2.12. The first-order valence-electron chi connectivity index (χ1n) is 5.46. The Balaban J connectivity index is 2.22. The summed E-state index contributed by atoms with van der Waals surface area (Å²) < 4.78 is 5.08. The standard InChI is InChI=1S/C13H12ClN3O2/c1-19-12-6-8(2-3-11(12)15)17-13(18)9-4-5-16-7-10(9)14/h2-7H,15H2,1H3,(H,17,18). The minimum atomic E-state index is -0.320. The molecular weight excluding hydrogens is 266 g/mol. The third-order valence-corrected chi connectivity index (χ3v) is 2.81. The van der Waals surface area contributed by atoms with Gasteiger partial charge in [-0.3, -0.25) is 9.78 Å². The SMILES string of the molecule is COc1cc(NC(=O)c2ccncc2Cl)ccc1N. The van der Waals surface area contributed by atoms with Crippen LogP contribution in [0.5, 0.6) is 5.75 Å². The summed E-state index contributed by atoms with van der Waals surface area (Å²) in [6.07, 6.45) is 2.92. The van der Waals surface area contributed by atoms with E-state index in [1.54, 1.807) is 24.3 Å². The second-order valence-electron chi connectivity index (χ2n) is 3.77. The van der Waals surface area contributed by atoms with Crippen molar-refractivity contribution in [2.45, 2.75) is 0 Å². The number of nitrogens with one attached hydrogen (secondary N) is 1. The Morgan fingerprint density at radius 1 is 1.42 bits per heavy atom. The number of pyridine rings is 1. The molecule has 3 N–H and O–H groups in total. The number of hydrogen-bond donors (Lipinski definition) is 2. The molecule has 5 nitrogen and oxygen atoms in total. The van der Waals surface area contributed by atoms with Crippen LogP contribution in [-0.4, -0.2) is 18.0 Å². The number of benzene rings is 1. The van der Waals surface area contributed by atoms with E-state index in [9.17, 15) is 4.79 Å². The van der Waals surface area contributed by atoms with Crippen LogP contribution in [0.2, 0.25) is 5.02 Å². The first-order valence-corrected chi connectivity index (χ1v) is 5.84. The quantitative estimate of drug-likeness (QED) is 0.846. The number of aromatic nitrogens is 1. The normalized spacial score (nSPS) is 10.0. The van der Waals surface area contributed by atoms with Crippen LogP contribution in [0.3, 0.4) is 0 Å². The van der Waals surface area contributed by atoms with Crippen LogP contribution in [0.1, 0.15) is 10.4 Å². The maximum Gasteiger partial charge on any atom is 0.257 e. The molecule has 1 heterocycles. The number of carbonyl (C=O) groups excluding carboxylic acids is 1. The van der Waals surface area contributed by atoms with Gasteiger partial charge < -0.3 is 15.8 Å². The molecule has 2 rings (SSSR count). The van der Waals surface area contributed by atoms with Crippen LogP contribution in [0.4, 0.5) is 11.4 Å². The van der Waals surface area contributed by atoms with Gasteiger partial charge in [-0.1, -0.05) is 11.6 Å². The van der Waals surface area contributed by atoms with E-state index in [2.05, 4.69) is 10.3 Å². The Morgan fingerprint density at radius 3 is 2.89 bits per heavy atom. The van der Waals surface area contributed by atoms with Gasteiger partial charge >= 0.3 is 0 Å². The van der Waals surface area contributed by atoms with Crippen molar-refractivity contribution in [3.8, 4) is 5.75 Å². The maximum atomic E-state index is 12.0. The van der Waals surface area contributed by atoms with Gasteiger partial charge in [0.1, 0.15) is 5.75 Å². The molecule has 1 amide bonds. The van der Waals surface area contributed by atoms with Crippen LogP contribution in [0.15, 0.2) is 36.7 Å². The van der Waals surface area contributed by atoms with E-state index < -0.39 is 0 Å². The molecule has 0 atom stereocenters.